The van der Waals surface area contributed by atoms with Gasteiger partial charge in [0.05, 0.1) is 6.04 Å². The van der Waals surface area contributed by atoms with Crippen molar-refractivity contribution in [1.29, 1.82) is 0 Å². The normalized spacial score (nSPS) is 12.4. The van der Waals surface area contributed by atoms with Crippen molar-refractivity contribution in [3.05, 3.63) is 64.7 Å². The molecule has 3 nitrogen and oxygen atoms in total. The topological polar surface area (TPSA) is 50.9 Å². The van der Waals surface area contributed by atoms with Crippen molar-refractivity contribution in [2.75, 3.05) is 0 Å². The van der Waals surface area contributed by atoms with Crippen molar-refractivity contribution >= 4 is 0 Å². The first-order valence-corrected chi connectivity index (χ1v) is 5.76. The third-order valence-corrected chi connectivity index (χ3v) is 2.95. The molecule has 0 aliphatic carbocycles. The summed E-state index contributed by atoms with van der Waals surface area (Å²) in [4.78, 5) is 4.24. The maximum Gasteiger partial charge on any atom is 0.126 e. The zero-order valence-corrected chi connectivity index (χ0v) is 10.4. The van der Waals surface area contributed by atoms with Gasteiger partial charge in [-0.05, 0) is 42.7 Å². The van der Waals surface area contributed by atoms with Crippen LogP contribution in [0.25, 0.3) is 0 Å². The Labute approximate surface area is 106 Å². The number of pyridine rings is 1. The molecule has 1 unspecified atom stereocenters. The van der Waals surface area contributed by atoms with Crippen LogP contribution in [0, 0.1) is 19.7 Å². The molecule has 0 fully saturated rings. The monoisotopic (exact) mass is 245 g/mol. The van der Waals surface area contributed by atoms with E-state index in [2.05, 4.69) is 10.4 Å². The first-order chi connectivity index (χ1) is 8.61. The van der Waals surface area contributed by atoms with Crippen LogP contribution in [-0.4, -0.2) is 4.98 Å². The van der Waals surface area contributed by atoms with Gasteiger partial charge < -0.3 is 0 Å². The highest BCUT2D eigenvalue weighted by molar-refractivity contribution is 5.33. The highest BCUT2D eigenvalue weighted by atomic mass is 19.1. The lowest BCUT2D eigenvalue weighted by Gasteiger charge is -2.17. The predicted octanol–water partition coefficient (Wildman–Crippen LogP) is 2.39. The first-order valence-electron chi connectivity index (χ1n) is 5.76. The molecule has 1 heterocycles. The summed E-state index contributed by atoms with van der Waals surface area (Å²) in [5, 5.41) is 0. The second-order valence-electron chi connectivity index (χ2n) is 4.34. The Balaban J connectivity index is 2.38. The van der Waals surface area contributed by atoms with E-state index in [1.807, 2.05) is 19.1 Å². The molecule has 0 aliphatic rings. The molecule has 2 rings (SSSR count). The molecule has 1 aromatic carbocycles. The number of rotatable bonds is 3. The van der Waals surface area contributed by atoms with Gasteiger partial charge in [0.15, 0.2) is 0 Å². The second kappa shape index (κ2) is 5.25. The number of benzene rings is 1. The Morgan fingerprint density at radius 1 is 1.17 bits per heavy atom. The molecule has 0 radical (unpaired) electrons. The molecule has 0 aliphatic heterocycles. The lowest BCUT2D eigenvalue weighted by molar-refractivity contribution is 0.607. The standard InChI is InChI=1S/C14H16FN3/c1-9-7-11(5-6-13(9)15)14(18-16)12-4-3-10(2)17-8-12/h3-8,14,18H,16H2,1-2H3. The summed E-state index contributed by atoms with van der Waals surface area (Å²) in [6, 6.07) is 8.68. The Kier molecular flexibility index (Phi) is 3.69. The number of nitrogens with two attached hydrogens (primary N) is 1. The van der Waals surface area contributed by atoms with Gasteiger partial charge in [-0.25, -0.2) is 9.82 Å². The lowest BCUT2D eigenvalue weighted by atomic mass is 9.99. The number of nitrogens with one attached hydrogen (secondary N) is 1. The van der Waals surface area contributed by atoms with E-state index >= 15 is 0 Å². The van der Waals surface area contributed by atoms with Gasteiger partial charge in [-0.2, -0.15) is 0 Å². The minimum atomic E-state index is -0.212. The van der Waals surface area contributed by atoms with Crippen molar-refractivity contribution in [3.63, 3.8) is 0 Å². The predicted molar refractivity (Wildman–Crippen MR) is 69.3 cm³/mol. The molecule has 4 heteroatoms. The average Bonchev–Trinajstić information content (AvgIpc) is 2.37. The third-order valence-electron chi connectivity index (χ3n) is 2.95. The number of hydrogen-bond donors (Lipinski definition) is 2. The molecule has 2 aromatic rings. The van der Waals surface area contributed by atoms with E-state index in [4.69, 9.17) is 5.84 Å². The Morgan fingerprint density at radius 2 is 1.89 bits per heavy atom. The number of hydrazine groups is 1. The van der Waals surface area contributed by atoms with Crippen LogP contribution in [0.1, 0.15) is 28.4 Å². The number of aromatic nitrogens is 1. The van der Waals surface area contributed by atoms with Gasteiger partial charge in [-0.15, -0.1) is 0 Å². The molecule has 1 aromatic heterocycles. The average molecular weight is 245 g/mol. The van der Waals surface area contributed by atoms with Crippen molar-refractivity contribution in [1.82, 2.24) is 10.4 Å². The minimum Gasteiger partial charge on any atom is -0.271 e. The molecule has 1 atom stereocenters. The molecule has 94 valence electrons. The number of halogens is 1. The molecule has 0 amide bonds. The maximum absolute atomic E-state index is 13.3. The Bertz CT molecular complexity index is 537. The second-order valence-corrected chi connectivity index (χ2v) is 4.34. The SMILES string of the molecule is Cc1ccc(C(NN)c2ccc(F)c(C)c2)cn1. The van der Waals surface area contributed by atoms with Crippen LogP contribution in [0.5, 0.6) is 0 Å². The summed E-state index contributed by atoms with van der Waals surface area (Å²) < 4.78 is 13.3. The Morgan fingerprint density at radius 3 is 2.44 bits per heavy atom. The summed E-state index contributed by atoms with van der Waals surface area (Å²) in [5.41, 5.74) is 6.16. The summed E-state index contributed by atoms with van der Waals surface area (Å²) in [6.07, 6.45) is 1.78. The van der Waals surface area contributed by atoms with E-state index in [-0.39, 0.29) is 11.9 Å². The lowest BCUT2D eigenvalue weighted by Crippen LogP contribution is -2.29. The van der Waals surface area contributed by atoms with Gasteiger partial charge >= 0.3 is 0 Å². The van der Waals surface area contributed by atoms with Crippen molar-refractivity contribution in [2.45, 2.75) is 19.9 Å². The van der Waals surface area contributed by atoms with Crippen LogP contribution in [0.2, 0.25) is 0 Å². The van der Waals surface area contributed by atoms with Crippen molar-refractivity contribution in [3.8, 4) is 0 Å². The van der Waals surface area contributed by atoms with Crippen LogP contribution in [-0.2, 0) is 0 Å². The highest BCUT2D eigenvalue weighted by Gasteiger charge is 2.13. The zero-order valence-electron chi connectivity index (χ0n) is 10.4. The maximum atomic E-state index is 13.3. The largest absolute Gasteiger partial charge is 0.271 e. The van der Waals surface area contributed by atoms with Crippen LogP contribution >= 0.6 is 0 Å². The van der Waals surface area contributed by atoms with Crippen LogP contribution in [0.3, 0.4) is 0 Å². The quantitative estimate of drug-likeness (QED) is 0.645. The van der Waals surface area contributed by atoms with Crippen molar-refractivity contribution < 1.29 is 4.39 Å². The summed E-state index contributed by atoms with van der Waals surface area (Å²) in [6.45, 7) is 3.66. The van der Waals surface area contributed by atoms with E-state index in [0.717, 1.165) is 16.8 Å². The van der Waals surface area contributed by atoms with E-state index in [0.29, 0.717) is 5.56 Å². The molecule has 18 heavy (non-hydrogen) atoms. The molecular formula is C14H16FN3. The number of nitrogens with zero attached hydrogens (tertiary/aromatic N) is 1. The number of hydrogen-bond acceptors (Lipinski definition) is 3. The van der Waals surface area contributed by atoms with E-state index in [1.165, 1.54) is 6.07 Å². The van der Waals surface area contributed by atoms with E-state index in [1.54, 1.807) is 25.3 Å². The Hall–Kier alpha value is -1.78. The third kappa shape index (κ3) is 2.55. The fraction of sp³-hybridized carbons (Fsp3) is 0.214. The smallest absolute Gasteiger partial charge is 0.126 e. The van der Waals surface area contributed by atoms with Crippen LogP contribution in [0.15, 0.2) is 36.5 Å². The molecular weight excluding hydrogens is 229 g/mol. The van der Waals surface area contributed by atoms with Crippen LogP contribution in [0.4, 0.5) is 4.39 Å². The van der Waals surface area contributed by atoms with E-state index < -0.39 is 0 Å². The van der Waals surface area contributed by atoms with Gasteiger partial charge in [0.25, 0.3) is 0 Å². The van der Waals surface area contributed by atoms with E-state index in [9.17, 15) is 4.39 Å². The highest BCUT2D eigenvalue weighted by Crippen LogP contribution is 2.22. The van der Waals surface area contributed by atoms with Gasteiger partial charge in [0.1, 0.15) is 5.82 Å². The first kappa shape index (κ1) is 12.7. The number of aryl methyl sites for hydroxylation is 2. The van der Waals surface area contributed by atoms with Crippen LogP contribution < -0.4 is 11.3 Å². The van der Waals surface area contributed by atoms with Crippen molar-refractivity contribution in [2.24, 2.45) is 5.84 Å². The molecule has 0 spiro atoms. The molecule has 0 bridgehead atoms. The summed E-state index contributed by atoms with van der Waals surface area (Å²) in [7, 11) is 0. The fourth-order valence-electron chi connectivity index (χ4n) is 1.88. The molecule has 0 saturated carbocycles. The zero-order chi connectivity index (χ0) is 13.1. The van der Waals surface area contributed by atoms with Gasteiger partial charge in [-0.1, -0.05) is 18.2 Å². The van der Waals surface area contributed by atoms with Gasteiger partial charge in [0.2, 0.25) is 0 Å². The van der Waals surface area contributed by atoms with Gasteiger partial charge in [-0.3, -0.25) is 10.8 Å². The molecule has 0 saturated heterocycles. The summed E-state index contributed by atoms with van der Waals surface area (Å²) >= 11 is 0. The minimum absolute atomic E-state index is 0.183. The fourth-order valence-corrected chi connectivity index (χ4v) is 1.88. The molecule has 3 N–H and O–H groups in total. The summed E-state index contributed by atoms with van der Waals surface area (Å²) in [5.74, 6) is 5.38. The van der Waals surface area contributed by atoms with Gasteiger partial charge in [0, 0.05) is 11.9 Å².